The smallest absolute Gasteiger partial charge is 0.322 e. The highest BCUT2D eigenvalue weighted by Crippen LogP contribution is 2.25. The lowest BCUT2D eigenvalue weighted by Crippen LogP contribution is -2.02. The third-order valence-corrected chi connectivity index (χ3v) is 2.77. The van der Waals surface area contributed by atoms with Gasteiger partial charge in [0.1, 0.15) is 5.82 Å². The van der Waals surface area contributed by atoms with Crippen LogP contribution in [0.15, 0.2) is 22.7 Å². The molecule has 2 rings (SSSR count). The Bertz CT molecular complexity index is 584. The minimum absolute atomic E-state index is 0.00239. The molecule has 18 heavy (non-hydrogen) atoms. The Morgan fingerprint density at radius 1 is 1.33 bits per heavy atom. The predicted molar refractivity (Wildman–Crippen MR) is 68.8 cm³/mol. The van der Waals surface area contributed by atoms with Gasteiger partial charge in [0.05, 0.1) is 12.8 Å². The molecule has 0 saturated carbocycles. The highest BCUT2D eigenvalue weighted by atomic mass is 79.9. The monoisotopic (exact) mass is 332 g/mol. The minimum Gasteiger partial charge on any atom is -0.467 e. The molecular weight excluding hydrogens is 326 g/mol. The van der Waals surface area contributed by atoms with Gasteiger partial charge in [-0.3, -0.25) is 0 Å². The Hall–Kier alpha value is -1.47. The summed E-state index contributed by atoms with van der Waals surface area (Å²) < 4.78 is 18.3. The lowest BCUT2D eigenvalue weighted by Gasteiger charge is -2.07. The summed E-state index contributed by atoms with van der Waals surface area (Å²) in [6.07, 6.45) is 0. The van der Waals surface area contributed by atoms with E-state index in [4.69, 9.17) is 16.3 Å². The number of nitrogens with one attached hydrogen (secondary N) is 1. The zero-order valence-corrected chi connectivity index (χ0v) is 11.5. The van der Waals surface area contributed by atoms with Crippen LogP contribution in [0.1, 0.15) is 0 Å². The fourth-order valence-corrected chi connectivity index (χ4v) is 1.79. The maximum atomic E-state index is 12.9. The van der Waals surface area contributed by atoms with Crippen LogP contribution in [0.3, 0.4) is 0 Å². The average molecular weight is 334 g/mol. The summed E-state index contributed by atoms with van der Waals surface area (Å²) in [6.45, 7) is 0. The van der Waals surface area contributed by atoms with Gasteiger partial charge in [-0.15, -0.1) is 0 Å². The summed E-state index contributed by atoms with van der Waals surface area (Å²) >= 11 is 8.93. The summed E-state index contributed by atoms with van der Waals surface area (Å²) in [4.78, 5) is 11.6. The van der Waals surface area contributed by atoms with Gasteiger partial charge in [-0.25, -0.2) is 4.39 Å². The predicted octanol–water partition coefficient (Wildman–Crippen LogP) is 3.18. The SMILES string of the molecule is COc1nc(Cl)nc(Nc2ccc(F)cc2Br)n1. The molecule has 0 aliphatic heterocycles. The second-order valence-corrected chi connectivity index (χ2v) is 4.36. The topological polar surface area (TPSA) is 59.9 Å². The van der Waals surface area contributed by atoms with Crippen molar-refractivity contribution in [3.63, 3.8) is 0 Å². The summed E-state index contributed by atoms with van der Waals surface area (Å²) in [5, 5.41) is 2.88. The first-order valence-corrected chi connectivity index (χ1v) is 5.93. The van der Waals surface area contributed by atoms with Crippen LogP contribution in [0.4, 0.5) is 16.0 Å². The Kier molecular flexibility index (Phi) is 3.93. The number of rotatable bonds is 3. The first-order valence-electron chi connectivity index (χ1n) is 4.76. The number of benzene rings is 1. The first kappa shape index (κ1) is 13.0. The number of hydrogen-bond donors (Lipinski definition) is 1. The van der Waals surface area contributed by atoms with Crippen LogP contribution in [-0.2, 0) is 0 Å². The fourth-order valence-electron chi connectivity index (χ4n) is 1.19. The van der Waals surface area contributed by atoms with Crippen LogP contribution in [0.5, 0.6) is 6.01 Å². The first-order chi connectivity index (χ1) is 8.58. The number of methoxy groups -OCH3 is 1. The number of anilines is 2. The van der Waals surface area contributed by atoms with Crippen molar-refractivity contribution in [1.29, 1.82) is 0 Å². The molecule has 0 saturated heterocycles. The standard InChI is InChI=1S/C10H7BrClFN4O/c1-18-10-16-8(12)15-9(17-10)14-7-3-2-5(13)4-6(7)11/h2-4H,1H3,(H,14,15,16,17). The molecule has 1 aromatic heterocycles. The van der Waals surface area contributed by atoms with Gasteiger partial charge in [-0.1, -0.05) is 0 Å². The second kappa shape index (κ2) is 5.45. The molecule has 2 aromatic rings. The molecule has 0 aliphatic rings. The van der Waals surface area contributed by atoms with Crippen molar-refractivity contribution in [2.45, 2.75) is 0 Å². The Labute approximate surface area is 116 Å². The molecule has 0 spiro atoms. The average Bonchev–Trinajstić information content (AvgIpc) is 2.32. The van der Waals surface area contributed by atoms with Crippen molar-refractivity contribution in [2.24, 2.45) is 0 Å². The number of hydrogen-bond acceptors (Lipinski definition) is 5. The molecule has 94 valence electrons. The number of aromatic nitrogens is 3. The van der Waals surface area contributed by atoms with E-state index in [0.717, 1.165) is 0 Å². The second-order valence-electron chi connectivity index (χ2n) is 3.16. The van der Waals surface area contributed by atoms with Crippen LogP contribution in [0.25, 0.3) is 0 Å². The van der Waals surface area contributed by atoms with Gasteiger partial charge in [0.25, 0.3) is 0 Å². The van der Waals surface area contributed by atoms with Gasteiger partial charge in [0, 0.05) is 4.47 Å². The van der Waals surface area contributed by atoms with Crippen LogP contribution in [0.2, 0.25) is 5.28 Å². The van der Waals surface area contributed by atoms with Crippen molar-refractivity contribution in [1.82, 2.24) is 15.0 Å². The summed E-state index contributed by atoms with van der Waals surface area (Å²) in [6, 6.07) is 4.27. The van der Waals surface area contributed by atoms with Crippen LogP contribution in [0, 0.1) is 5.82 Å². The highest BCUT2D eigenvalue weighted by Gasteiger charge is 2.07. The molecular formula is C10H7BrClFN4O. The maximum absolute atomic E-state index is 12.9. The van der Waals surface area contributed by atoms with Gasteiger partial charge in [-0.05, 0) is 45.7 Å². The van der Waals surface area contributed by atoms with Crippen molar-refractivity contribution >= 4 is 39.2 Å². The molecule has 0 atom stereocenters. The number of ether oxygens (including phenoxy) is 1. The third-order valence-electron chi connectivity index (χ3n) is 1.95. The zero-order valence-electron chi connectivity index (χ0n) is 9.12. The van der Waals surface area contributed by atoms with Crippen molar-refractivity contribution in [3.8, 4) is 6.01 Å². The largest absolute Gasteiger partial charge is 0.467 e. The van der Waals surface area contributed by atoms with E-state index in [1.165, 1.54) is 19.2 Å². The molecule has 5 nitrogen and oxygen atoms in total. The van der Waals surface area contributed by atoms with Crippen molar-refractivity contribution in [2.75, 3.05) is 12.4 Å². The molecule has 0 fully saturated rings. The highest BCUT2D eigenvalue weighted by molar-refractivity contribution is 9.10. The van der Waals surface area contributed by atoms with E-state index < -0.39 is 0 Å². The van der Waals surface area contributed by atoms with Gasteiger partial charge in [0.2, 0.25) is 11.2 Å². The normalized spacial score (nSPS) is 10.2. The molecule has 1 N–H and O–H groups in total. The molecule has 0 bridgehead atoms. The van der Waals surface area contributed by atoms with E-state index in [-0.39, 0.29) is 23.1 Å². The minimum atomic E-state index is -0.348. The van der Waals surface area contributed by atoms with Crippen molar-refractivity contribution in [3.05, 3.63) is 33.8 Å². The third kappa shape index (κ3) is 3.05. The Balaban J connectivity index is 2.30. The van der Waals surface area contributed by atoms with E-state index in [9.17, 15) is 4.39 Å². The van der Waals surface area contributed by atoms with E-state index in [2.05, 4.69) is 36.2 Å². The molecule has 8 heteroatoms. The summed E-state index contributed by atoms with van der Waals surface area (Å²) in [5.74, 6) is -0.141. The number of halogens is 3. The quantitative estimate of drug-likeness (QED) is 0.935. The van der Waals surface area contributed by atoms with Crippen LogP contribution in [-0.4, -0.2) is 22.1 Å². The Morgan fingerprint density at radius 2 is 2.11 bits per heavy atom. The van der Waals surface area contributed by atoms with Crippen LogP contribution >= 0.6 is 27.5 Å². The number of nitrogens with zero attached hydrogens (tertiary/aromatic N) is 3. The zero-order chi connectivity index (χ0) is 13.1. The lowest BCUT2D eigenvalue weighted by molar-refractivity contribution is 0.379. The molecule has 0 unspecified atom stereocenters. The van der Waals surface area contributed by atoms with Gasteiger partial charge >= 0.3 is 6.01 Å². The van der Waals surface area contributed by atoms with Gasteiger partial charge in [0.15, 0.2) is 0 Å². The van der Waals surface area contributed by atoms with E-state index >= 15 is 0 Å². The van der Waals surface area contributed by atoms with Gasteiger partial charge < -0.3 is 10.1 Å². The fraction of sp³-hybridized carbons (Fsp3) is 0.100. The summed E-state index contributed by atoms with van der Waals surface area (Å²) in [7, 11) is 1.42. The van der Waals surface area contributed by atoms with E-state index in [1.807, 2.05) is 0 Å². The maximum Gasteiger partial charge on any atom is 0.322 e. The Morgan fingerprint density at radius 3 is 2.78 bits per heavy atom. The summed E-state index contributed by atoms with van der Waals surface area (Å²) in [5.41, 5.74) is 0.598. The van der Waals surface area contributed by atoms with Gasteiger partial charge in [-0.2, -0.15) is 15.0 Å². The molecule has 0 amide bonds. The van der Waals surface area contributed by atoms with Crippen molar-refractivity contribution < 1.29 is 9.13 Å². The van der Waals surface area contributed by atoms with E-state index in [0.29, 0.717) is 10.2 Å². The molecule has 0 aliphatic carbocycles. The molecule has 1 aromatic carbocycles. The molecule has 1 heterocycles. The van der Waals surface area contributed by atoms with Crippen LogP contribution < -0.4 is 10.1 Å². The molecule has 0 radical (unpaired) electrons. The lowest BCUT2D eigenvalue weighted by atomic mass is 10.3. The van der Waals surface area contributed by atoms with E-state index in [1.54, 1.807) is 6.07 Å².